The van der Waals surface area contributed by atoms with Gasteiger partial charge < -0.3 is 19.1 Å². The molecule has 0 spiro atoms. The van der Waals surface area contributed by atoms with Crippen LogP contribution < -0.4 is 14.4 Å². The van der Waals surface area contributed by atoms with Crippen LogP contribution in [0.3, 0.4) is 0 Å². The van der Waals surface area contributed by atoms with Gasteiger partial charge in [0.05, 0.1) is 38.0 Å². The number of carbonyl (C=O) groups is 1. The van der Waals surface area contributed by atoms with Crippen molar-refractivity contribution in [2.24, 2.45) is 0 Å². The topological polar surface area (TPSA) is 48.0 Å². The van der Waals surface area contributed by atoms with Crippen molar-refractivity contribution in [1.29, 1.82) is 0 Å². The number of nitrogens with zero attached hydrogens (tertiary/aromatic N) is 1. The van der Waals surface area contributed by atoms with Crippen molar-refractivity contribution >= 4 is 29.1 Å². The summed E-state index contributed by atoms with van der Waals surface area (Å²) in [5.41, 5.74) is 2.49. The second kappa shape index (κ2) is 8.93. The lowest BCUT2D eigenvalue weighted by Crippen LogP contribution is -2.36. The number of ketones is 1. The third-order valence-electron chi connectivity index (χ3n) is 4.44. The van der Waals surface area contributed by atoms with Gasteiger partial charge >= 0.3 is 0 Å². The minimum absolute atomic E-state index is 0.186. The highest BCUT2D eigenvalue weighted by Crippen LogP contribution is 2.33. The highest BCUT2D eigenvalue weighted by molar-refractivity contribution is 6.32. The van der Waals surface area contributed by atoms with Gasteiger partial charge in [0.15, 0.2) is 5.78 Å². The normalized spacial score (nSPS) is 14.4. The fourth-order valence-electron chi connectivity index (χ4n) is 2.93. The summed E-state index contributed by atoms with van der Waals surface area (Å²) in [5.74, 6) is 0.704. The quantitative estimate of drug-likeness (QED) is 0.552. The summed E-state index contributed by atoms with van der Waals surface area (Å²) in [6.07, 6.45) is 3.30. The molecule has 1 aliphatic heterocycles. The molecule has 1 saturated heterocycles. The van der Waals surface area contributed by atoms with Crippen LogP contribution in [0, 0.1) is 0 Å². The first-order valence-electron chi connectivity index (χ1n) is 8.69. The third-order valence-corrected chi connectivity index (χ3v) is 4.73. The molecule has 0 radical (unpaired) electrons. The molecule has 1 fully saturated rings. The van der Waals surface area contributed by atoms with E-state index in [4.69, 9.17) is 25.8 Å². The number of hydrogen-bond donors (Lipinski definition) is 0. The fraction of sp³-hybridized carbons (Fsp3) is 0.286. The molecular formula is C21H22ClNO4. The van der Waals surface area contributed by atoms with Crippen molar-refractivity contribution in [3.8, 4) is 11.5 Å². The SMILES string of the molecule is COc1cc(OC)c(C(=O)C=Cc2ccc(N3CCOCC3)cc2)cc1Cl. The number of allylic oxidation sites excluding steroid dienone is 1. The number of methoxy groups -OCH3 is 2. The van der Waals surface area contributed by atoms with Crippen molar-refractivity contribution < 1.29 is 19.0 Å². The van der Waals surface area contributed by atoms with E-state index < -0.39 is 0 Å². The molecule has 6 heteroatoms. The summed E-state index contributed by atoms with van der Waals surface area (Å²) < 4.78 is 15.8. The van der Waals surface area contributed by atoms with Crippen LogP contribution in [-0.2, 0) is 4.74 Å². The van der Waals surface area contributed by atoms with Gasteiger partial charge in [-0.25, -0.2) is 0 Å². The van der Waals surface area contributed by atoms with Crippen molar-refractivity contribution in [2.75, 3.05) is 45.4 Å². The number of morpholine rings is 1. The molecule has 27 heavy (non-hydrogen) atoms. The minimum atomic E-state index is -0.186. The maximum atomic E-state index is 12.6. The number of anilines is 1. The zero-order valence-corrected chi connectivity index (χ0v) is 16.2. The minimum Gasteiger partial charge on any atom is -0.496 e. The number of rotatable bonds is 6. The van der Waals surface area contributed by atoms with Crippen LogP contribution in [-0.4, -0.2) is 46.3 Å². The fourth-order valence-corrected chi connectivity index (χ4v) is 3.17. The van der Waals surface area contributed by atoms with E-state index in [1.54, 1.807) is 18.2 Å². The Bertz CT molecular complexity index is 827. The molecule has 1 heterocycles. The second-order valence-electron chi connectivity index (χ2n) is 6.08. The largest absolute Gasteiger partial charge is 0.496 e. The third kappa shape index (κ3) is 4.62. The summed E-state index contributed by atoms with van der Waals surface area (Å²) in [6.45, 7) is 3.29. The first-order chi connectivity index (χ1) is 13.1. The average molecular weight is 388 g/mol. The monoisotopic (exact) mass is 387 g/mol. The maximum absolute atomic E-state index is 12.6. The van der Waals surface area contributed by atoms with Gasteiger partial charge in [-0.3, -0.25) is 4.79 Å². The zero-order valence-electron chi connectivity index (χ0n) is 15.4. The number of carbonyl (C=O) groups excluding carboxylic acids is 1. The van der Waals surface area contributed by atoms with Crippen molar-refractivity contribution in [3.63, 3.8) is 0 Å². The van der Waals surface area contributed by atoms with Crippen LogP contribution in [0.2, 0.25) is 5.02 Å². The van der Waals surface area contributed by atoms with Crippen LogP contribution in [0.25, 0.3) is 6.08 Å². The lowest BCUT2D eigenvalue weighted by molar-refractivity contribution is 0.104. The molecule has 0 aliphatic carbocycles. The summed E-state index contributed by atoms with van der Waals surface area (Å²) in [4.78, 5) is 14.9. The van der Waals surface area contributed by atoms with Crippen LogP contribution in [0.4, 0.5) is 5.69 Å². The first-order valence-corrected chi connectivity index (χ1v) is 9.07. The number of halogens is 1. The van der Waals surface area contributed by atoms with E-state index in [0.717, 1.165) is 37.6 Å². The summed E-state index contributed by atoms with van der Waals surface area (Å²) >= 11 is 6.14. The Morgan fingerprint density at radius 1 is 1.07 bits per heavy atom. The molecule has 0 bridgehead atoms. The number of benzene rings is 2. The van der Waals surface area contributed by atoms with E-state index in [9.17, 15) is 4.79 Å². The number of ether oxygens (including phenoxy) is 3. The molecule has 0 saturated carbocycles. The highest BCUT2D eigenvalue weighted by atomic mass is 35.5. The molecule has 0 amide bonds. The highest BCUT2D eigenvalue weighted by Gasteiger charge is 2.15. The Morgan fingerprint density at radius 2 is 1.74 bits per heavy atom. The molecule has 1 aliphatic rings. The Kier molecular flexibility index (Phi) is 6.37. The van der Waals surface area contributed by atoms with Gasteiger partial charge in [0.1, 0.15) is 11.5 Å². The number of hydrogen-bond acceptors (Lipinski definition) is 5. The van der Waals surface area contributed by atoms with E-state index in [1.165, 1.54) is 20.3 Å². The molecule has 0 unspecified atom stereocenters. The smallest absolute Gasteiger partial charge is 0.189 e. The molecule has 2 aromatic rings. The van der Waals surface area contributed by atoms with Gasteiger partial charge in [-0.15, -0.1) is 0 Å². The lowest BCUT2D eigenvalue weighted by atomic mass is 10.1. The Morgan fingerprint density at radius 3 is 2.37 bits per heavy atom. The Hall–Kier alpha value is -2.50. The lowest BCUT2D eigenvalue weighted by Gasteiger charge is -2.28. The molecule has 0 atom stereocenters. The van der Waals surface area contributed by atoms with Crippen LogP contribution in [0.1, 0.15) is 15.9 Å². The van der Waals surface area contributed by atoms with Crippen molar-refractivity contribution in [3.05, 3.63) is 58.6 Å². The standard InChI is InChI=1S/C21H22ClNO4/c1-25-20-14-21(26-2)18(22)13-17(20)19(24)8-5-15-3-6-16(7-4-15)23-9-11-27-12-10-23/h3-8,13-14H,9-12H2,1-2H3. The molecule has 142 valence electrons. The first kappa shape index (κ1) is 19.3. The van der Waals surface area contributed by atoms with Crippen molar-refractivity contribution in [1.82, 2.24) is 0 Å². The van der Waals surface area contributed by atoms with Gasteiger partial charge in [-0.1, -0.05) is 29.8 Å². The molecule has 0 N–H and O–H groups in total. The summed E-state index contributed by atoms with van der Waals surface area (Å²) in [7, 11) is 3.02. The Balaban J connectivity index is 1.74. The predicted octanol–water partition coefficient (Wildman–Crippen LogP) is 4.09. The average Bonchev–Trinajstić information content (AvgIpc) is 2.72. The van der Waals surface area contributed by atoms with Crippen LogP contribution in [0.5, 0.6) is 11.5 Å². The van der Waals surface area contributed by atoms with Gasteiger partial charge in [0, 0.05) is 24.8 Å². The van der Waals surface area contributed by atoms with Gasteiger partial charge in [-0.05, 0) is 29.8 Å². The predicted molar refractivity (Wildman–Crippen MR) is 107 cm³/mol. The van der Waals surface area contributed by atoms with Crippen molar-refractivity contribution in [2.45, 2.75) is 0 Å². The Labute approximate surface area is 164 Å². The zero-order chi connectivity index (χ0) is 19.2. The second-order valence-corrected chi connectivity index (χ2v) is 6.48. The van der Waals surface area contributed by atoms with Gasteiger partial charge in [0.25, 0.3) is 0 Å². The molecule has 0 aromatic heterocycles. The molecule has 2 aromatic carbocycles. The van der Waals surface area contributed by atoms with E-state index in [1.807, 2.05) is 12.1 Å². The van der Waals surface area contributed by atoms with Gasteiger partial charge in [-0.2, -0.15) is 0 Å². The molecule has 5 nitrogen and oxygen atoms in total. The van der Waals surface area contributed by atoms with Crippen LogP contribution >= 0.6 is 11.6 Å². The van der Waals surface area contributed by atoms with Gasteiger partial charge in [0.2, 0.25) is 0 Å². The van der Waals surface area contributed by atoms with E-state index in [-0.39, 0.29) is 5.78 Å². The van der Waals surface area contributed by atoms with E-state index >= 15 is 0 Å². The maximum Gasteiger partial charge on any atom is 0.189 e. The van der Waals surface area contributed by atoms with E-state index in [2.05, 4.69) is 17.0 Å². The summed E-state index contributed by atoms with van der Waals surface area (Å²) in [6, 6.07) is 11.3. The molecular weight excluding hydrogens is 366 g/mol. The molecule has 3 rings (SSSR count). The van der Waals surface area contributed by atoms with Crippen LogP contribution in [0.15, 0.2) is 42.5 Å². The van der Waals surface area contributed by atoms with E-state index in [0.29, 0.717) is 22.1 Å². The summed E-state index contributed by atoms with van der Waals surface area (Å²) in [5, 5.41) is 0.366.